The van der Waals surface area contributed by atoms with Gasteiger partial charge in [-0.2, -0.15) is 0 Å². The SMILES string of the molecule is CN=C(NCCCC(C)C)NCc1nccc2ccccc12.I. The minimum atomic E-state index is 0. The number of aromatic nitrogens is 1. The standard InChI is InChI=1S/C18H26N4.HI/c1-14(2)7-6-11-21-18(19-3)22-13-17-16-9-5-4-8-15(16)10-12-20-17;/h4-5,8-10,12,14H,6-7,11,13H2,1-3H3,(H2,19,21,22);1H. The highest BCUT2D eigenvalue weighted by Gasteiger charge is 2.03. The molecule has 0 radical (unpaired) electrons. The van der Waals surface area contributed by atoms with Crippen molar-refractivity contribution in [1.82, 2.24) is 15.6 Å². The third-order valence-electron chi connectivity index (χ3n) is 3.65. The Morgan fingerprint density at radius 1 is 1.17 bits per heavy atom. The average molecular weight is 426 g/mol. The molecule has 0 aliphatic heterocycles. The summed E-state index contributed by atoms with van der Waals surface area (Å²) in [5, 5.41) is 9.10. The van der Waals surface area contributed by atoms with Crippen LogP contribution >= 0.6 is 24.0 Å². The van der Waals surface area contributed by atoms with Crippen molar-refractivity contribution in [2.45, 2.75) is 33.2 Å². The van der Waals surface area contributed by atoms with Crippen molar-refractivity contribution in [3.8, 4) is 0 Å². The normalized spacial score (nSPS) is 11.4. The Kier molecular flexibility index (Phi) is 8.91. The maximum atomic E-state index is 4.49. The molecule has 0 unspecified atom stereocenters. The summed E-state index contributed by atoms with van der Waals surface area (Å²) in [5.74, 6) is 1.58. The van der Waals surface area contributed by atoms with Gasteiger partial charge in [0.1, 0.15) is 0 Å². The van der Waals surface area contributed by atoms with Crippen molar-refractivity contribution < 1.29 is 0 Å². The van der Waals surface area contributed by atoms with Gasteiger partial charge in [-0.1, -0.05) is 38.1 Å². The molecule has 0 saturated carbocycles. The van der Waals surface area contributed by atoms with Crippen LogP contribution in [-0.2, 0) is 6.54 Å². The lowest BCUT2D eigenvalue weighted by Gasteiger charge is -2.13. The van der Waals surface area contributed by atoms with E-state index in [1.54, 1.807) is 7.05 Å². The summed E-state index contributed by atoms with van der Waals surface area (Å²) in [4.78, 5) is 8.75. The van der Waals surface area contributed by atoms with Gasteiger partial charge in [0.25, 0.3) is 0 Å². The summed E-state index contributed by atoms with van der Waals surface area (Å²) in [6, 6.07) is 10.4. The molecule has 23 heavy (non-hydrogen) atoms. The number of hydrogen-bond donors (Lipinski definition) is 2. The molecule has 0 aliphatic carbocycles. The largest absolute Gasteiger partial charge is 0.356 e. The zero-order valence-electron chi connectivity index (χ0n) is 14.2. The first-order chi connectivity index (χ1) is 10.7. The molecule has 2 aromatic rings. The second kappa shape index (κ2) is 10.4. The molecular weight excluding hydrogens is 399 g/mol. The molecule has 0 atom stereocenters. The summed E-state index contributed by atoms with van der Waals surface area (Å²) in [6.07, 6.45) is 4.25. The van der Waals surface area contributed by atoms with Crippen molar-refractivity contribution >= 4 is 40.7 Å². The topological polar surface area (TPSA) is 49.3 Å². The van der Waals surface area contributed by atoms with Gasteiger partial charge in [-0.15, -0.1) is 24.0 Å². The molecule has 2 rings (SSSR count). The summed E-state index contributed by atoms with van der Waals surface area (Å²) >= 11 is 0. The lowest BCUT2D eigenvalue weighted by molar-refractivity contribution is 0.549. The van der Waals surface area contributed by atoms with Gasteiger partial charge < -0.3 is 10.6 Å². The fraction of sp³-hybridized carbons (Fsp3) is 0.444. The minimum Gasteiger partial charge on any atom is -0.356 e. The highest BCUT2D eigenvalue weighted by Crippen LogP contribution is 2.15. The van der Waals surface area contributed by atoms with Crippen LogP contribution in [0.1, 0.15) is 32.4 Å². The van der Waals surface area contributed by atoms with E-state index in [0.29, 0.717) is 6.54 Å². The molecule has 0 spiro atoms. The van der Waals surface area contributed by atoms with Crippen LogP contribution < -0.4 is 10.6 Å². The van der Waals surface area contributed by atoms with Crippen LogP contribution in [0.4, 0.5) is 0 Å². The molecule has 0 amide bonds. The number of fused-ring (bicyclic) bond motifs is 1. The zero-order chi connectivity index (χ0) is 15.8. The Morgan fingerprint density at radius 3 is 2.70 bits per heavy atom. The van der Waals surface area contributed by atoms with E-state index in [9.17, 15) is 0 Å². The van der Waals surface area contributed by atoms with Crippen LogP contribution in [0.2, 0.25) is 0 Å². The Labute approximate surface area is 156 Å². The maximum absolute atomic E-state index is 4.49. The highest BCUT2D eigenvalue weighted by atomic mass is 127. The van der Waals surface area contributed by atoms with E-state index < -0.39 is 0 Å². The molecule has 0 bridgehead atoms. The fourth-order valence-electron chi connectivity index (χ4n) is 2.43. The van der Waals surface area contributed by atoms with Crippen LogP contribution in [0, 0.1) is 5.92 Å². The highest BCUT2D eigenvalue weighted by molar-refractivity contribution is 14.0. The van der Waals surface area contributed by atoms with E-state index in [0.717, 1.165) is 30.5 Å². The monoisotopic (exact) mass is 426 g/mol. The number of halogens is 1. The molecule has 1 aromatic heterocycles. The Hall–Kier alpha value is -1.37. The van der Waals surface area contributed by atoms with E-state index >= 15 is 0 Å². The van der Waals surface area contributed by atoms with Gasteiger partial charge in [0.2, 0.25) is 0 Å². The van der Waals surface area contributed by atoms with E-state index in [1.807, 2.05) is 18.3 Å². The minimum absolute atomic E-state index is 0. The Balaban J connectivity index is 0.00000264. The molecule has 1 heterocycles. The van der Waals surface area contributed by atoms with Crippen LogP contribution in [-0.4, -0.2) is 24.5 Å². The van der Waals surface area contributed by atoms with E-state index in [-0.39, 0.29) is 24.0 Å². The molecule has 5 heteroatoms. The van der Waals surface area contributed by atoms with E-state index in [4.69, 9.17) is 0 Å². The van der Waals surface area contributed by atoms with Gasteiger partial charge in [0.15, 0.2) is 5.96 Å². The first-order valence-corrected chi connectivity index (χ1v) is 7.98. The smallest absolute Gasteiger partial charge is 0.191 e. The molecule has 0 aliphatic rings. The number of guanidine groups is 1. The number of nitrogens with zero attached hydrogens (tertiary/aromatic N) is 2. The van der Waals surface area contributed by atoms with Gasteiger partial charge in [-0.05, 0) is 30.2 Å². The third-order valence-corrected chi connectivity index (χ3v) is 3.65. The predicted octanol–water partition coefficient (Wildman–Crippen LogP) is 3.95. The lowest BCUT2D eigenvalue weighted by Crippen LogP contribution is -2.37. The molecule has 126 valence electrons. The molecule has 2 N–H and O–H groups in total. The average Bonchev–Trinajstić information content (AvgIpc) is 2.54. The number of aliphatic imine (C=N–C) groups is 1. The van der Waals surface area contributed by atoms with Crippen LogP contribution in [0.15, 0.2) is 41.5 Å². The molecular formula is C18H27IN4. The Bertz CT molecular complexity index is 620. The van der Waals surface area contributed by atoms with Crippen molar-refractivity contribution in [2.24, 2.45) is 10.9 Å². The van der Waals surface area contributed by atoms with Gasteiger partial charge >= 0.3 is 0 Å². The number of rotatable bonds is 6. The van der Waals surface area contributed by atoms with Gasteiger partial charge in [-0.25, -0.2) is 0 Å². The van der Waals surface area contributed by atoms with Crippen molar-refractivity contribution in [1.29, 1.82) is 0 Å². The molecule has 0 saturated heterocycles. The first-order valence-electron chi connectivity index (χ1n) is 7.98. The fourth-order valence-corrected chi connectivity index (χ4v) is 2.43. The number of hydrogen-bond acceptors (Lipinski definition) is 2. The first kappa shape index (κ1) is 19.7. The summed E-state index contributed by atoms with van der Waals surface area (Å²) in [5.41, 5.74) is 1.04. The van der Waals surface area contributed by atoms with Crippen molar-refractivity contribution in [3.05, 3.63) is 42.2 Å². The van der Waals surface area contributed by atoms with Crippen molar-refractivity contribution in [3.63, 3.8) is 0 Å². The molecule has 0 fully saturated rings. The third kappa shape index (κ3) is 6.33. The number of nitrogens with one attached hydrogen (secondary N) is 2. The second-order valence-electron chi connectivity index (χ2n) is 5.87. The summed E-state index contributed by atoms with van der Waals surface area (Å²) in [6.45, 7) is 6.12. The summed E-state index contributed by atoms with van der Waals surface area (Å²) in [7, 11) is 1.80. The Morgan fingerprint density at radius 2 is 1.96 bits per heavy atom. The second-order valence-corrected chi connectivity index (χ2v) is 5.87. The van der Waals surface area contributed by atoms with Crippen molar-refractivity contribution in [2.75, 3.05) is 13.6 Å². The number of pyridine rings is 1. The van der Waals surface area contributed by atoms with Gasteiger partial charge in [0.05, 0.1) is 12.2 Å². The predicted molar refractivity (Wildman–Crippen MR) is 109 cm³/mol. The molecule has 4 nitrogen and oxygen atoms in total. The maximum Gasteiger partial charge on any atom is 0.191 e. The van der Waals surface area contributed by atoms with Gasteiger partial charge in [-0.3, -0.25) is 9.98 Å². The quantitative estimate of drug-likeness (QED) is 0.318. The van der Waals surface area contributed by atoms with Gasteiger partial charge in [0, 0.05) is 25.2 Å². The van der Waals surface area contributed by atoms with E-state index in [2.05, 4.69) is 52.7 Å². The van der Waals surface area contributed by atoms with Crippen LogP contribution in [0.3, 0.4) is 0 Å². The van der Waals surface area contributed by atoms with Crippen LogP contribution in [0.25, 0.3) is 10.8 Å². The van der Waals surface area contributed by atoms with Crippen LogP contribution in [0.5, 0.6) is 0 Å². The summed E-state index contributed by atoms with van der Waals surface area (Å²) < 4.78 is 0. The molecule has 1 aromatic carbocycles. The lowest BCUT2D eigenvalue weighted by atomic mass is 10.1. The zero-order valence-corrected chi connectivity index (χ0v) is 16.5. The number of benzene rings is 1. The van der Waals surface area contributed by atoms with E-state index in [1.165, 1.54) is 17.2 Å².